The molecule has 2 nitrogen and oxygen atoms in total. The van der Waals surface area contributed by atoms with Crippen molar-refractivity contribution in [2.45, 2.75) is 58.6 Å². The topological polar surface area (TPSA) is 35.2 Å². The minimum atomic E-state index is -2.81. The van der Waals surface area contributed by atoms with Crippen LogP contribution in [0.15, 0.2) is 24.3 Å². The summed E-state index contributed by atoms with van der Waals surface area (Å²) in [5.41, 5.74) is 6.86. The Balaban J connectivity index is 2.72. The lowest BCUT2D eigenvalue weighted by Gasteiger charge is -2.21. The van der Waals surface area contributed by atoms with Gasteiger partial charge in [-0.25, -0.2) is 0 Å². The third kappa shape index (κ3) is 5.45. The first-order valence-corrected chi connectivity index (χ1v) is 7.37. The molecule has 2 unspecified atom stereocenters. The van der Waals surface area contributed by atoms with Gasteiger partial charge in [0, 0.05) is 11.6 Å². The molecule has 2 N–H and O–H groups in total. The summed E-state index contributed by atoms with van der Waals surface area (Å²) >= 11 is 0. The number of benzene rings is 1. The molecule has 0 aliphatic heterocycles. The van der Waals surface area contributed by atoms with Gasteiger partial charge in [-0.05, 0) is 18.4 Å². The van der Waals surface area contributed by atoms with E-state index in [1.807, 2.05) is 0 Å². The standard InChI is InChI=1S/C16H25F2NO/c1-3-5-8-12(4-2)11-14(19)13-9-6-7-10-15(13)20-16(17)18/h6-7,9-10,12,14,16H,3-5,8,11,19H2,1-2H3. The van der Waals surface area contributed by atoms with Crippen molar-refractivity contribution in [3.8, 4) is 5.75 Å². The van der Waals surface area contributed by atoms with E-state index in [-0.39, 0.29) is 11.8 Å². The predicted molar refractivity (Wildman–Crippen MR) is 77.9 cm³/mol. The smallest absolute Gasteiger partial charge is 0.387 e. The summed E-state index contributed by atoms with van der Waals surface area (Å²) in [7, 11) is 0. The van der Waals surface area contributed by atoms with Crippen molar-refractivity contribution < 1.29 is 13.5 Å². The van der Waals surface area contributed by atoms with Crippen LogP contribution in [0.3, 0.4) is 0 Å². The zero-order valence-electron chi connectivity index (χ0n) is 12.3. The Hall–Kier alpha value is -1.16. The van der Waals surface area contributed by atoms with Gasteiger partial charge in [-0.1, -0.05) is 57.7 Å². The lowest BCUT2D eigenvalue weighted by molar-refractivity contribution is -0.0506. The van der Waals surface area contributed by atoms with Crippen LogP contribution < -0.4 is 10.5 Å². The van der Waals surface area contributed by atoms with Crippen molar-refractivity contribution in [1.82, 2.24) is 0 Å². The summed E-state index contributed by atoms with van der Waals surface area (Å²) in [6.45, 7) is 1.50. The lowest BCUT2D eigenvalue weighted by Crippen LogP contribution is -2.17. The van der Waals surface area contributed by atoms with Gasteiger partial charge in [0.25, 0.3) is 0 Å². The molecule has 20 heavy (non-hydrogen) atoms. The molecule has 4 heteroatoms. The highest BCUT2D eigenvalue weighted by Gasteiger charge is 2.18. The van der Waals surface area contributed by atoms with Crippen molar-refractivity contribution in [3.63, 3.8) is 0 Å². The lowest BCUT2D eigenvalue weighted by atomic mass is 9.89. The molecular formula is C16H25F2NO. The van der Waals surface area contributed by atoms with Gasteiger partial charge in [-0.2, -0.15) is 8.78 Å². The van der Waals surface area contributed by atoms with E-state index in [0.717, 1.165) is 25.7 Å². The Bertz CT molecular complexity index is 384. The SMILES string of the molecule is CCCCC(CC)CC(N)c1ccccc1OC(F)F. The maximum Gasteiger partial charge on any atom is 0.387 e. The van der Waals surface area contributed by atoms with Crippen molar-refractivity contribution in [1.29, 1.82) is 0 Å². The summed E-state index contributed by atoms with van der Waals surface area (Å²) in [6, 6.07) is 6.55. The van der Waals surface area contributed by atoms with Crippen LogP contribution in [0.1, 0.15) is 57.6 Å². The molecule has 0 radical (unpaired) electrons. The van der Waals surface area contributed by atoms with Gasteiger partial charge >= 0.3 is 6.61 Å². The van der Waals surface area contributed by atoms with Crippen LogP contribution in [0.25, 0.3) is 0 Å². The first-order chi connectivity index (χ1) is 9.58. The van der Waals surface area contributed by atoms with E-state index in [1.54, 1.807) is 24.3 Å². The molecular weight excluding hydrogens is 260 g/mol. The number of alkyl halides is 2. The third-order valence-electron chi connectivity index (χ3n) is 3.67. The number of rotatable bonds is 9. The minimum absolute atomic E-state index is 0.195. The van der Waals surface area contributed by atoms with Crippen LogP contribution in [0.5, 0.6) is 5.75 Å². The van der Waals surface area contributed by atoms with Crippen molar-refractivity contribution >= 4 is 0 Å². The van der Waals surface area contributed by atoms with E-state index in [4.69, 9.17) is 5.73 Å². The summed E-state index contributed by atoms with van der Waals surface area (Å²) in [5.74, 6) is 0.727. The van der Waals surface area contributed by atoms with E-state index >= 15 is 0 Å². The average Bonchev–Trinajstić information content (AvgIpc) is 2.43. The minimum Gasteiger partial charge on any atom is -0.434 e. The number of halogens is 2. The van der Waals surface area contributed by atoms with Gasteiger partial charge in [-0.15, -0.1) is 0 Å². The highest BCUT2D eigenvalue weighted by Crippen LogP contribution is 2.31. The first kappa shape index (κ1) is 16.9. The summed E-state index contributed by atoms with van der Waals surface area (Å²) < 4.78 is 29.3. The van der Waals surface area contributed by atoms with Crippen LogP contribution >= 0.6 is 0 Å². The fourth-order valence-electron chi connectivity index (χ4n) is 2.46. The van der Waals surface area contributed by atoms with E-state index in [0.29, 0.717) is 11.5 Å². The molecule has 0 heterocycles. The molecule has 0 aliphatic rings. The summed E-state index contributed by atoms with van der Waals surface area (Å²) in [6.07, 6.45) is 5.35. The zero-order valence-corrected chi connectivity index (χ0v) is 12.3. The molecule has 0 fully saturated rings. The number of unbranched alkanes of at least 4 members (excludes halogenated alkanes) is 1. The highest BCUT2D eigenvalue weighted by molar-refractivity contribution is 5.35. The molecule has 0 aromatic heterocycles. The number of para-hydroxylation sites is 1. The molecule has 1 aromatic carbocycles. The normalized spacial score (nSPS) is 14.3. The second-order valence-electron chi connectivity index (χ2n) is 5.18. The van der Waals surface area contributed by atoms with Crippen molar-refractivity contribution in [2.24, 2.45) is 11.7 Å². The Labute approximate surface area is 120 Å². The van der Waals surface area contributed by atoms with Gasteiger partial charge in [0.15, 0.2) is 0 Å². The highest BCUT2D eigenvalue weighted by atomic mass is 19.3. The quantitative estimate of drug-likeness (QED) is 0.700. The van der Waals surface area contributed by atoms with Gasteiger partial charge in [-0.3, -0.25) is 0 Å². The maximum absolute atomic E-state index is 12.4. The molecule has 0 amide bonds. The van der Waals surface area contributed by atoms with E-state index in [1.165, 1.54) is 6.42 Å². The molecule has 0 saturated carbocycles. The summed E-state index contributed by atoms with van der Waals surface area (Å²) in [5, 5.41) is 0. The molecule has 0 bridgehead atoms. The fourth-order valence-corrected chi connectivity index (χ4v) is 2.46. The molecule has 0 saturated heterocycles. The van der Waals surface area contributed by atoms with Crippen LogP contribution in [-0.4, -0.2) is 6.61 Å². The molecule has 2 atom stereocenters. The van der Waals surface area contributed by atoms with Gasteiger partial charge in [0.2, 0.25) is 0 Å². The largest absolute Gasteiger partial charge is 0.434 e. The van der Waals surface area contributed by atoms with Crippen LogP contribution in [0, 0.1) is 5.92 Å². The molecule has 0 aliphatic carbocycles. The van der Waals surface area contributed by atoms with Gasteiger partial charge in [0.1, 0.15) is 5.75 Å². The average molecular weight is 285 g/mol. The first-order valence-electron chi connectivity index (χ1n) is 7.37. The Morgan fingerprint density at radius 1 is 1.20 bits per heavy atom. The molecule has 114 valence electrons. The fraction of sp³-hybridized carbons (Fsp3) is 0.625. The number of nitrogens with two attached hydrogens (primary N) is 1. The van der Waals surface area contributed by atoms with E-state index < -0.39 is 6.61 Å². The van der Waals surface area contributed by atoms with Crippen LogP contribution in [0.4, 0.5) is 8.78 Å². The van der Waals surface area contributed by atoms with Gasteiger partial charge in [0.05, 0.1) is 0 Å². The zero-order chi connectivity index (χ0) is 15.0. The monoisotopic (exact) mass is 285 g/mol. The Kier molecular flexibility index (Phi) is 7.52. The molecule has 1 aromatic rings. The van der Waals surface area contributed by atoms with E-state index in [9.17, 15) is 8.78 Å². The number of hydrogen-bond donors (Lipinski definition) is 1. The second-order valence-corrected chi connectivity index (χ2v) is 5.18. The third-order valence-corrected chi connectivity index (χ3v) is 3.67. The molecule has 0 spiro atoms. The van der Waals surface area contributed by atoms with Crippen molar-refractivity contribution in [2.75, 3.05) is 0 Å². The van der Waals surface area contributed by atoms with E-state index in [2.05, 4.69) is 18.6 Å². The van der Waals surface area contributed by atoms with Gasteiger partial charge < -0.3 is 10.5 Å². The number of hydrogen-bond acceptors (Lipinski definition) is 2. The summed E-state index contributed by atoms with van der Waals surface area (Å²) in [4.78, 5) is 0. The van der Waals surface area contributed by atoms with Crippen LogP contribution in [-0.2, 0) is 0 Å². The Morgan fingerprint density at radius 2 is 1.90 bits per heavy atom. The van der Waals surface area contributed by atoms with Crippen molar-refractivity contribution in [3.05, 3.63) is 29.8 Å². The Morgan fingerprint density at radius 3 is 2.50 bits per heavy atom. The maximum atomic E-state index is 12.4. The second kappa shape index (κ2) is 8.90. The number of ether oxygens (including phenoxy) is 1. The molecule has 1 rings (SSSR count). The predicted octanol–water partition coefficient (Wildman–Crippen LogP) is 4.89. The van der Waals surface area contributed by atoms with Crippen LogP contribution in [0.2, 0.25) is 0 Å².